The maximum Gasteiger partial charge on any atom is 0.324 e. The molecule has 1 rings (SSSR count). The Bertz CT molecular complexity index is 493. The summed E-state index contributed by atoms with van der Waals surface area (Å²) in [5.74, 6) is -1.34. The van der Waals surface area contributed by atoms with Crippen LogP contribution in [0.4, 0.5) is 4.39 Å². The molecule has 1 unspecified atom stereocenters. The maximum atomic E-state index is 12.7. The average Bonchev–Trinajstić information content (AvgIpc) is 2.29. The molecule has 1 atom stereocenters. The quantitative estimate of drug-likeness (QED) is 0.608. The normalized spacial score (nSPS) is 13.1. The lowest BCUT2D eigenvalue weighted by Gasteiger charge is -2.11. The molecular weight excluding hydrogens is 247 g/mol. The van der Waals surface area contributed by atoms with Crippen LogP contribution >= 0.6 is 0 Å². The monoisotopic (exact) mass is 260 g/mol. The largest absolute Gasteiger partial charge is 0.465 e. The Morgan fingerprint density at radius 3 is 2.35 bits per heavy atom. The predicted molar refractivity (Wildman–Crippen MR) is 59.7 cm³/mol. The molecule has 0 heterocycles. The summed E-state index contributed by atoms with van der Waals surface area (Å²) in [6, 6.07) is 4.32. The Hall–Kier alpha value is -1.43. The molecule has 4 nitrogen and oxygen atoms in total. The molecular formula is C11H13FO4S. The molecule has 0 aliphatic carbocycles. The van der Waals surface area contributed by atoms with Gasteiger partial charge in [-0.2, -0.15) is 0 Å². The summed E-state index contributed by atoms with van der Waals surface area (Å²) in [5, 5.41) is -1.30. The van der Waals surface area contributed by atoms with Crippen LogP contribution in [0.5, 0.6) is 0 Å². The highest BCUT2D eigenvalue weighted by atomic mass is 32.2. The van der Waals surface area contributed by atoms with E-state index in [1.807, 2.05) is 0 Å². The fourth-order valence-electron chi connectivity index (χ4n) is 1.21. The van der Waals surface area contributed by atoms with Gasteiger partial charge in [0, 0.05) is 0 Å². The highest BCUT2D eigenvalue weighted by Crippen LogP contribution is 2.17. The SMILES string of the molecule is CCOC(=O)C(C)S(=O)(=O)c1ccc(F)cc1. The van der Waals surface area contributed by atoms with Gasteiger partial charge in [0.2, 0.25) is 0 Å². The van der Waals surface area contributed by atoms with Gasteiger partial charge in [-0.3, -0.25) is 4.79 Å². The smallest absolute Gasteiger partial charge is 0.324 e. The van der Waals surface area contributed by atoms with E-state index < -0.39 is 26.9 Å². The van der Waals surface area contributed by atoms with Crippen molar-refractivity contribution in [3.05, 3.63) is 30.1 Å². The van der Waals surface area contributed by atoms with Crippen LogP contribution in [0.1, 0.15) is 13.8 Å². The fourth-order valence-corrected chi connectivity index (χ4v) is 2.46. The molecule has 0 N–H and O–H groups in total. The van der Waals surface area contributed by atoms with Crippen molar-refractivity contribution in [2.45, 2.75) is 24.0 Å². The van der Waals surface area contributed by atoms with Crippen molar-refractivity contribution >= 4 is 15.8 Å². The van der Waals surface area contributed by atoms with E-state index in [0.717, 1.165) is 24.3 Å². The van der Waals surface area contributed by atoms with Crippen LogP contribution in [-0.2, 0) is 19.4 Å². The molecule has 0 saturated heterocycles. The molecule has 1 aromatic carbocycles. The molecule has 6 heteroatoms. The first-order chi connectivity index (χ1) is 7.89. The van der Waals surface area contributed by atoms with Gasteiger partial charge in [-0.05, 0) is 38.1 Å². The number of sulfone groups is 1. The van der Waals surface area contributed by atoms with E-state index >= 15 is 0 Å². The number of carbonyl (C=O) groups excluding carboxylic acids is 1. The van der Waals surface area contributed by atoms with Crippen LogP contribution in [0.3, 0.4) is 0 Å². The second-order valence-corrected chi connectivity index (χ2v) is 5.66. The average molecular weight is 260 g/mol. The number of halogens is 1. The van der Waals surface area contributed by atoms with Gasteiger partial charge in [-0.1, -0.05) is 0 Å². The van der Waals surface area contributed by atoms with Crippen LogP contribution < -0.4 is 0 Å². The van der Waals surface area contributed by atoms with E-state index in [-0.39, 0.29) is 11.5 Å². The van der Waals surface area contributed by atoms with E-state index in [1.54, 1.807) is 6.92 Å². The predicted octanol–water partition coefficient (Wildman–Crippen LogP) is 1.55. The number of rotatable bonds is 4. The second kappa shape index (κ2) is 5.27. The van der Waals surface area contributed by atoms with Gasteiger partial charge < -0.3 is 4.74 Å². The summed E-state index contributed by atoms with van der Waals surface area (Å²) in [7, 11) is -3.82. The Labute approximate surface area is 99.3 Å². The Morgan fingerprint density at radius 2 is 1.88 bits per heavy atom. The minimum atomic E-state index is -3.82. The zero-order chi connectivity index (χ0) is 13.1. The van der Waals surface area contributed by atoms with Crippen molar-refractivity contribution in [3.63, 3.8) is 0 Å². The summed E-state index contributed by atoms with van der Waals surface area (Å²) in [6.07, 6.45) is 0. The lowest BCUT2D eigenvalue weighted by Crippen LogP contribution is -2.29. The summed E-state index contributed by atoms with van der Waals surface area (Å²) >= 11 is 0. The molecule has 0 radical (unpaired) electrons. The van der Waals surface area contributed by atoms with Gasteiger partial charge in [0.1, 0.15) is 5.82 Å². The fraction of sp³-hybridized carbons (Fsp3) is 0.364. The first kappa shape index (κ1) is 13.6. The molecule has 0 saturated carbocycles. The van der Waals surface area contributed by atoms with Gasteiger partial charge >= 0.3 is 5.97 Å². The lowest BCUT2D eigenvalue weighted by atomic mass is 10.3. The van der Waals surface area contributed by atoms with Crippen LogP contribution in [-0.4, -0.2) is 26.2 Å². The third-order valence-electron chi connectivity index (χ3n) is 2.23. The van der Waals surface area contributed by atoms with E-state index in [4.69, 9.17) is 0 Å². The molecule has 17 heavy (non-hydrogen) atoms. The van der Waals surface area contributed by atoms with Crippen molar-refractivity contribution in [2.75, 3.05) is 6.61 Å². The lowest BCUT2D eigenvalue weighted by molar-refractivity contribution is -0.142. The van der Waals surface area contributed by atoms with Gasteiger partial charge in [-0.15, -0.1) is 0 Å². The number of ether oxygens (including phenoxy) is 1. The molecule has 0 fully saturated rings. The van der Waals surface area contributed by atoms with E-state index in [2.05, 4.69) is 4.74 Å². The molecule has 0 amide bonds. The van der Waals surface area contributed by atoms with Crippen molar-refractivity contribution < 1.29 is 22.3 Å². The third kappa shape index (κ3) is 3.03. The first-order valence-corrected chi connectivity index (χ1v) is 6.60. The molecule has 0 bridgehead atoms. The number of hydrogen-bond acceptors (Lipinski definition) is 4. The van der Waals surface area contributed by atoms with Gasteiger partial charge in [0.25, 0.3) is 0 Å². The Morgan fingerprint density at radius 1 is 1.35 bits per heavy atom. The Balaban J connectivity index is 3.03. The van der Waals surface area contributed by atoms with Crippen molar-refractivity contribution in [2.24, 2.45) is 0 Å². The number of benzene rings is 1. The molecule has 1 aromatic rings. The molecule has 0 aromatic heterocycles. The van der Waals surface area contributed by atoms with Crippen LogP contribution in [0.25, 0.3) is 0 Å². The van der Waals surface area contributed by atoms with Crippen molar-refractivity contribution in [1.82, 2.24) is 0 Å². The maximum absolute atomic E-state index is 12.7. The molecule has 94 valence electrons. The first-order valence-electron chi connectivity index (χ1n) is 5.05. The van der Waals surface area contributed by atoms with Gasteiger partial charge in [0.05, 0.1) is 11.5 Å². The summed E-state index contributed by atoms with van der Waals surface area (Å²) in [5.41, 5.74) is 0. The number of carbonyl (C=O) groups is 1. The standard InChI is InChI=1S/C11H13FO4S/c1-3-16-11(13)8(2)17(14,15)10-6-4-9(12)5-7-10/h4-8H,3H2,1-2H3. The van der Waals surface area contributed by atoms with E-state index in [0.29, 0.717) is 0 Å². The highest BCUT2D eigenvalue weighted by molar-refractivity contribution is 7.92. The van der Waals surface area contributed by atoms with Crippen LogP contribution in [0.15, 0.2) is 29.2 Å². The number of esters is 1. The summed E-state index contributed by atoms with van der Waals surface area (Å²) in [4.78, 5) is 11.3. The molecule has 0 spiro atoms. The van der Waals surface area contributed by atoms with E-state index in [1.165, 1.54) is 6.92 Å². The van der Waals surface area contributed by atoms with Gasteiger partial charge in [0.15, 0.2) is 15.1 Å². The minimum Gasteiger partial charge on any atom is -0.465 e. The molecule has 0 aliphatic heterocycles. The van der Waals surface area contributed by atoms with Crippen molar-refractivity contribution in [3.8, 4) is 0 Å². The number of hydrogen-bond donors (Lipinski definition) is 0. The Kier molecular flexibility index (Phi) is 4.22. The van der Waals surface area contributed by atoms with Crippen molar-refractivity contribution in [1.29, 1.82) is 0 Å². The topological polar surface area (TPSA) is 60.4 Å². The zero-order valence-electron chi connectivity index (χ0n) is 9.51. The summed E-state index contributed by atoms with van der Waals surface area (Å²) < 4.78 is 41.2. The zero-order valence-corrected chi connectivity index (χ0v) is 10.3. The van der Waals surface area contributed by atoms with Crippen LogP contribution in [0, 0.1) is 5.82 Å². The third-order valence-corrected chi connectivity index (χ3v) is 4.28. The van der Waals surface area contributed by atoms with Gasteiger partial charge in [-0.25, -0.2) is 12.8 Å². The highest BCUT2D eigenvalue weighted by Gasteiger charge is 2.30. The minimum absolute atomic E-state index is 0.0977. The summed E-state index contributed by atoms with van der Waals surface area (Å²) in [6.45, 7) is 2.95. The molecule has 0 aliphatic rings. The second-order valence-electron chi connectivity index (χ2n) is 3.39. The van der Waals surface area contributed by atoms with E-state index in [9.17, 15) is 17.6 Å². The van der Waals surface area contributed by atoms with Crippen LogP contribution in [0.2, 0.25) is 0 Å².